The summed E-state index contributed by atoms with van der Waals surface area (Å²) in [7, 11) is 1.55. The molecule has 2 heterocycles. The summed E-state index contributed by atoms with van der Waals surface area (Å²) in [6, 6.07) is 10.3. The van der Waals surface area contributed by atoms with Crippen LogP contribution in [0.15, 0.2) is 46.7 Å². The second-order valence-corrected chi connectivity index (χ2v) is 7.44. The molecule has 8 nitrogen and oxygen atoms in total. The first-order chi connectivity index (χ1) is 13.5. The van der Waals surface area contributed by atoms with E-state index in [0.717, 1.165) is 0 Å². The third-order valence-electron chi connectivity index (χ3n) is 4.31. The van der Waals surface area contributed by atoms with Gasteiger partial charge in [0.1, 0.15) is 5.75 Å². The summed E-state index contributed by atoms with van der Waals surface area (Å²) in [5, 5.41) is 25.5. The first kappa shape index (κ1) is 18.5. The Morgan fingerprint density at radius 1 is 1.25 bits per heavy atom. The molecule has 0 aliphatic carbocycles. The number of fused-ring (bicyclic) bond motifs is 1. The molecule has 3 aromatic rings. The molecular formula is C18H14ClN5O3S. The number of halogens is 1. The zero-order valence-electron chi connectivity index (χ0n) is 14.9. The number of rotatable bonds is 4. The van der Waals surface area contributed by atoms with E-state index in [9.17, 15) is 10.1 Å². The van der Waals surface area contributed by atoms with Crippen molar-refractivity contribution in [2.75, 3.05) is 12.9 Å². The number of nitro benzene ring substituents is 1. The molecule has 10 heteroatoms. The average molecular weight is 416 g/mol. The zero-order valence-corrected chi connectivity index (χ0v) is 16.5. The van der Waals surface area contributed by atoms with Gasteiger partial charge >= 0.3 is 0 Å². The summed E-state index contributed by atoms with van der Waals surface area (Å²) < 4.78 is 7.04. The van der Waals surface area contributed by atoms with Crippen molar-refractivity contribution in [3.63, 3.8) is 0 Å². The van der Waals surface area contributed by atoms with Crippen LogP contribution in [0.1, 0.15) is 11.1 Å². The van der Waals surface area contributed by atoms with Crippen LogP contribution >= 0.6 is 23.4 Å². The lowest BCUT2D eigenvalue weighted by atomic mass is 10.1. The van der Waals surface area contributed by atoms with Crippen molar-refractivity contribution in [3.05, 3.63) is 62.7 Å². The molecule has 28 heavy (non-hydrogen) atoms. The minimum absolute atomic E-state index is 0.0688. The zero-order chi connectivity index (χ0) is 19.8. The molecule has 1 aliphatic heterocycles. The van der Waals surface area contributed by atoms with Crippen LogP contribution in [0.2, 0.25) is 5.02 Å². The molecule has 1 aliphatic rings. The molecule has 0 saturated carbocycles. The number of methoxy groups -OCH3 is 1. The van der Waals surface area contributed by atoms with Crippen molar-refractivity contribution in [1.29, 1.82) is 0 Å². The lowest BCUT2D eigenvalue weighted by molar-refractivity contribution is -0.385. The van der Waals surface area contributed by atoms with E-state index in [1.165, 1.54) is 11.8 Å². The molecule has 0 amide bonds. The standard InChI is InChI=1S/C18H14ClN5O3S/c1-10-3-4-11(7-15(10)24(25)26)14-9-28-18-21-20-17(23(18)22-14)13-6-5-12(19)8-16(13)27-2/h3-8H,9H2,1-2H3. The first-order valence-electron chi connectivity index (χ1n) is 8.23. The quantitative estimate of drug-likeness (QED) is 0.468. The lowest BCUT2D eigenvalue weighted by Crippen LogP contribution is -2.14. The molecule has 0 N–H and O–H groups in total. The van der Waals surface area contributed by atoms with E-state index in [1.54, 1.807) is 49.0 Å². The molecule has 0 atom stereocenters. The van der Waals surface area contributed by atoms with Gasteiger partial charge in [0.05, 0.1) is 23.3 Å². The van der Waals surface area contributed by atoms with E-state index in [-0.39, 0.29) is 10.6 Å². The molecular weight excluding hydrogens is 402 g/mol. The van der Waals surface area contributed by atoms with Crippen molar-refractivity contribution >= 4 is 34.8 Å². The number of nitrogens with zero attached hydrogens (tertiary/aromatic N) is 5. The number of aromatic nitrogens is 3. The Morgan fingerprint density at radius 3 is 2.82 bits per heavy atom. The Hall–Kier alpha value is -2.91. The van der Waals surface area contributed by atoms with Crippen LogP contribution in [0.25, 0.3) is 11.4 Å². The predicted octanol–water partition coefficient (Wildman–Crippen LogP) is 4.18. The number of hydrogen-bond donors (Lipinski definition) is 0. The van der Waals surface area contributed by atoms with E-state index in [4.69, 9.17) is 16.3 Å². The smallest absolute Gasteiger partial charge is 0.272 e. The van der Waals surface area contributed by atoms with Crippen LogP contribution in [0.3, 0.4) is 0 Å². The van der Waals surface area contributed by atoms with Crippen LogP contribution < -0.4 is 4.74 Å². The van der Waals surface area contributed by atoms with Gasteiger partial charge < -0.3 is 4.74 Å². The van der Waals surface area contributed by atoms with Crippen molar-refractivity contribution < 1.29 is 9.66 Å². The van der Waals surface area contributed by atoms with E-state index >= 15 is 0 Å². The predicted molar refractivity (Wildman–Crippen MR) is 108 cm³/mol. The Kier molecular flexibility index (Phi) is 4.78. The van der Waals surface area contributed by atoms with Gasteiger partial charge in [-0.15, -0.1) is 10.2 Å². The van der Waals surface area contributed by atoms with Crippen LogP contribution in [-0.4, -0.2) is 38.4 Å². The van der Waals surface area contributed by atoms with Gasteiger partial charge in [-0.1, -0.05) is 35.5 Å². The van der Waals surface area contributed by atoms with Crippen molar-refractivity contribution in [2.45, 2.75) is 12.1 Å². The Labute approximate surface area is 169 Å². The maximum Gasteiger partial charge on any atom is 0.272 e. The molecule has 0 unspecified atom stereocenters. The second-order valence-electron chi connectivity index (χ2n) is 6.06. The first-order valence-corrected chi connectivity index (χ1v) is 9.59. The van der Waals surface area contributed by atoms with Crippen LogP contribution in [0.5, 0.6) is 5.75 Å². The molecule has 0 radical (unpaired) electrons. The van der Waals surface area contributed by atoms with Crippen molar-refractivity contribution in [1.82, 2.24) is 14.9 Å². The monoisotopic (exact) mass is 415 g/mol. The highest BCUT2D eigenvalue weighted by Gasteiger charge is 2.24. The Bertz CT molecular complexity index is 1130. The van der Waals surface area contributed by atoms with Gasteiger partial charge in [-0.25, -0.2) is 0 Å². The van der Waals surface area contributed by atoms with Gasteiger partial charge in [0, 0.05) is 28.0 Å². The Balaban J connectivity index is 1.81. The number of aryl methyl sites for hydroxylation is 1. The van der Waals surface area contributed by atoms with Gasteiger partial charge in [0.15, 0.2) is 5.82 Å². The number of thioether (sulfide) groups is 1. The normalized spacial score (nSPS) is 13.0. The summed E-state index contributed by atoms with van der Waals surface area (Å²) in [6.07, 6.45) is 0. The summed E-state index contributed by atoms with van der Waals surface area (Å²) >= 11 is 7.51. The van der Waals surface area contributed by atoms with E-state index in [1.807, 2.05) is 6.07 Å². The number of hydrogen-bond acceptors (Lipinski definition) is 7. The highest BCUT2D eigenvalue weighted by Crippen LogP contribution is 2.35. The van der Waals surface area contributed by atoms with Crippen molar-refractivity contribution in [3.8, 4) is 17.1 Å². The van der Waals surface area contributed by atoms with E-state index < -0.39 is 0 Å². The van der Waals surface area contributed by atoms with Crippen molar-refractivity contribution in [2.24, 2.45) is 5.10 Å². The molecule has 0 bridgehead atoms. The topological polar surface area (TPSA) is 95.4 Å². The molecule has 1 aromatic heterocycles. The summed E-state index contributed by atoms with van der Waals surface area (Å²) in [6.45, 7) is 1.71. The van der Waals surface area contributed by atoms with E-state index in [0.29, 0.717) is 49.9 Å². The number of benzene rings is 2. The highest BCUT2D eigenvalue weighted by molar-refractivity contribution is 7.99. The third kappa shape index (κ3) is 3.23. The number of ether oxygens (including phenoxy) is 1. The van der Waals surface area contributed by atoms with Crippen LogP contribution in [-0.2, 0) is 0 Å². The van der Waals surface area contributed by atoms with E-state index in [2.05, 4.69) is 15.3 Å². The fourth-order valence-electron chi connectivity index (χ4n) is 2.87. The molecule has 4 rings (SSSR count). The maximum atomic E-state index is 11.3. The maximum absolute atomic E-state index is 11.3. The van der Waals surface area contributed by atoms with Gasteiger partial charge in [-0.05, 0) is 25.1 Å². The van der Waals surface area contributed by atoms with Gasteiger partial charge in [0.25, 0.3) is 5.69 Å². The highest BCUT2D eigenvalue weighted by atomic mass is 35.5. The van der Waals surface area contributed by atoms with Crippen LogP contribution in [0, 0.1) is 17.0 Å². The minimum atomic E-state index is -0.385. The SMILES string of the molecule is COc1cc(Cl)ccc1-c1nnc2n1N=C(c1ccc(C)c([N+](=O)[O-])c1)CS2. The average Bonchev–Trinajstić information content (AvgIpc) is 3.11. The molecule has 0 fully saturated rings. The van der Waals surface area contributed by atoms with Crippen LogP contribution in [0.4, 0.5) is 5.69 Å². The summed E-state index contributed by atoms with van der Waals surface area (Å²) in [5.74, 6) is 1.60. The largest absolute Gasteiger partial charge is 0.496 e. The fraction of sp³-hybridized carbons (Fsp3) is 0.167. The summed E-state index contributed by atoms with van der Waals surface area (Å²) in [4.78, 5) is 10.9. The second kappa shape index (κ2) is 7.25. The third-order valence-corrected chi connectivity index (χ3v) is 5.48. The number of nitro groups is 1. The summed E-state index contributed by atoms with van der Waals surface area (Å²) in [5.41, 5.74) is 2.77. The van der Waals surface area contributed by atoms with Gasteiger partial charge in [-0.3, -0.25) is 10.1 Å². The Morgan fingerprint density at radius 2 is 2.07 bits per heavy atom. The van der Waals surface area contributed by atoms with Gasteiger partial charge in [0.2, 0.25) is 5.16 Å². The lowest BCUT2D eigenvalue weighted by Gasteiger charge is -2.15. The minimum Gasteiger partial charge on any atom is -0.496 e. The molecule has 0 saturated heterocycles. The molecule has 2 aromatic carbocycles. The fourth-order valence-corrected chi connectivity index (χ4v) is 3.87. The molecule has 142 valence electrons. The van der Waals surface area contributed by atoms with Gasteiger partial charge in [-0.2, -0.15) is 9.78 Å². The molecule has 0 spiro atoms.